The molecule has 3 amide bonds. The van der Waals surface area contributed by atoms with E-state index in [0.29, 0.717) is 45.8 Å². The lowest BCUT2D eigenvalue weighted by molar-refractivity contribution is -0.119. The first-order valence-corrected chi connectivity index (χ1v) is 20.9. The highest BCUT2D eigenvalue weighted by molar-refractivity contribution is 6.11. The number of hydrogen-bond acceptors (Lipinski definition) is 10. The van der Waals surface area contributed by atoms with Crippen LogP contribution in [0.15, 0.2) is 77.7 Å². The molecule has 0 saturated heterocycles. The Balaban J connectivity index is 0.748. The topological polar surface area (TPSA) is 157 Å². The van der Waals surface area contributed by atoms with Crippen molar-refractivity contribution in [1.29, 1.82) is 0 Å². The molecule has 4 heterocycles. The lowest BCUT2D eigenvalue weighted by Gasteiger charge is -2.31. The molecule has 0 bridgehead atoms. The highest BCUT2D eigenvalue weighted by Crippen LogP contribution is 2.36. The fourth-order valence-corrected chi connectivity index (χ4v) is 8.11. The van der Waals surface area contributed by atoms with Crippen LogP contribution in [0.5, 0.6) is 11.5 Å². The molecule has 3 N–H and O–H groups in total. The van der Waals surface area contributed by atoms with Gasteiger partial charge in [0.1, 0.15) is 23.6 Å². The highest BCUT2D eigenvalue weighted by atomic mass is 19.3. The summed E-state index contributed by atoms with van der Waals surface area (Å²) >= 11 is 0. The molecule has 314 valence electrons. The third-order valence-electron chi connectivity index (χ3n) is 11.6. The monoisotopic (exact) mass is 820 g/mol. The molecule has 60 heavy (non-hydrogen) atoms. The molecule has 2 aromatic carbocycles. The quantitative estimate of drug-likeness (QED) is 0.0578. The van der Waals surface area contributed by atoms with Crippen molar-refractivity contribution in [2.75, 3.05) is 37.3 Å². The van der Waals surface area contributed by atoms with Crippen molar-refractivity contribution in [1.82, 2.24) is 30.0 Å². The number of benzene rings is 2. The number of fused-ring (bicyclic) bond motifs is 1. The number of anilines is 2. The van der Waals surface area contributed by atoms with Crippen LogP contribution < -0.4 is 20.7 Å². The summed E-state index contributed by atoms with van der Waals surface area (Å²) in [4.78, 5) is 48.4. The Kier molecular flexibility index (Phi) is 12.6. The predicted octanol–water partition coefficient (Wildman–Crippen LogP) is 8.63. The molecule has 2 fully saturated rings. The highest BCUT2D eigenvalue weighted by Gasteiger charge is 2.29. The van der Waals surface area contributed by atoms with Gasteiger partial charge in [-0.1, -0.05) is 30.7 Å². The molecule has 0 radical (unpaired) electrons. The average Bonchev–Trinajstić information content (AvgIpc) is 3.76. The molecule has 1 aliphatic heterocycles. The van der Waals surface area contributed by atoms with Crippen LogP contribution >= 0.6 is 0 Å². The second-order valence-corrected chi connectivity index (χ2v) is 16.3. The molecule has 13 nitrogen and oxygen atoms in total. The number of unbranched alkanes of at least 4 members (excludes halogenated alkanes) is 2. The van der Waals surface area contributed by atoms with Crippen LogP contribution in [-0.4, -0.2) is 69.1 Å². The van der Waals surface area contributed by atoms with Crippen molar-refractivity contribution in [3.8, 4) is 23.0 Å². The minimum atomic E-state index is -2.86. The number of carbonyl (C=O) groups is 3. The van der Waals surface area contributed by atoms with Crippen molar-refractivity contribution in [3.05, 3.63) is 101 Å². The van der Waals surface area contributed by atoms with Gasteiger partial charge >= 0.3 is 0 Å². The van der Waals surface area contributed by atoms with E-state index in [1.807, 2.05) is 24.3 Å². The summed E-state index contributed by atoms with van der Waals surface area (Å²) in [6.07, 6.45) is 11.9. The maximum absolute atomic E-state index is 14.1. The Hall–Kier alpha value is -5.96. The van der Waals surface area contributed by atoms with Gasteiger partial charge in [0.2, 0.25) is 11.8 Å². The second-order valence-electron chi connectivity index (χ2n) is 16.3. The number of alkyl halides is 2. The molecular weight excluding hydrogens is 771 g/mol. The van der Waals surface area contributed by atoms with E-state index in [2.05, 4.69) is 43.0 Å². The predicted molar refractivity (Wildman–Crippen MR) is 221 cm³/mol. The van der Waals surface area contributed by atoms with E-state index >= 15 is 0 Å². The summed E-state index contributed by atoms with van der Waals surface area (Å²) in [6.45, 7) is 2.84. The third-order valence-corrected chi connectivity index (χ3v) is 11.6. The zero-order chi connectivity index (χ0) is 41.6. The van der Waals surface area contributed by atoms with Crippen LogP contribution in [0.1, 0.15) is 108 Å². The molecule has 3 aromatic heterocycles. The minimum absolute atomic E-state index is 0.0221. The standard InChI is InChI=1S/C45H50F2N8O5/c1-54(21-4-2-3-6-28-13-17-34(18-14-28)60-37-8-5-7-31-23-39(56)52-44(58)40(31)37)25-30-11-15-33(16-12-30)55-26-35(41(53-55)42(46)47)50-43(57)36-27-59-45(51-36)32-19-20-48-38(22-32)49-24-29-9-10-29/h5,7-8,13-14,17-20,22,26-27,29-30,33,42H,2-4,6,9-12,15-16,21,23-25H2,1H3,(H,48,49)(H,50,57)(H,52,56,58)/t30-,33-. The third kappa shape index (κ3) is 10.2. The number of carbonyl (C=O) groups excluding carboxylic acids is 3. The van der Waals surface area contributed by atoms with Gasteiger partial charge in [0.15, 0.2) is 11.4 Å². The van der Waals surface area contributed by atoms with Gasteiger partial charge in [0.25, 0.3) is 18.2 Å². The van der Waals surface area contributed by atoms with Crippen LogP contribution in [0.2, 0.25) is 0 Å². The molecule has 0 unspecified atom stereocenters. The Morgan fingerprint density at radius 2 is 1.82 bits per heavy atom. The number of aromatic nitrogens is 4. The SMILES string of the molecule is CN(CCCCCc1ccc(Oc2cccc3c2C(=O)NC(=O)C3)cc1)C[C@H]1CC[C@H](n2cc(NC(=O)c3coc(-c4ccnc(NCC5CC5)c4)n3)c(C(F)F)n2)CC1. The molecule has 0 spiro atoms. The van der Waals surface area contributed by atoms with Gasteiger partial charge in [0.05, 0.1) is 23.7 Å². The van der Waals surface area contributed by atoms with Gasteiger partial charge in [-0.15, -0.1) is 0 Å². The number of ether oxygens (including phenoxy) is 1. The van der Waals surface area contributed by atoms with Crippen LogP contribution in [0.3, 0.4) is 0 Å². The fourth-order valence-electron chi connectivity index (χ4n) is 8.11. The number of aryl methyl sites for hydroxylation is 1. The molecule has 2 aliphatic carbocycles. The van der Waals surface area contributed by atoms with Gasteiger partial charge in [-0.2, -0.15) is 5.10 Å². The summed E-state index contributed by atoms with van der Waals surface area (Å²) < 4.78 is 41.5. The van der Waals surface area contributed by atoms with E-state index in [0.717, 1.165) is 71.0 Å². The normalized spacial score (nSPS) is 17.8. The van der Waals surface area contributed by atoms with Crippen LogP contribution in [0.4, 0.5) is 20.3 Å². The molecule has 0 atom stereocenters. The lowest BCUT2D eigenvalue weighted by atomic mass is 9.86. The maximum Gasteiger partial charge on any atom is 0.284 e. The number of oxazole rings is 1. The average molecular weight is 821 g/mol. The second kappa shape index (κ2) is 18.5. The first kappa shape index (κ1) is 40.8. The summed E-state index contributed by atoms with van der Waals surface area (Å²) in [7, 11) is 2.16. The van der Waals surface area contributed by atoms with Crippen LogP contribution in [0.25, 0.3) is 11.5 Å². The van der Waals surface area contributed by atoms with Gasteiger partial charge < -0.3 is 24.7 Å². The minimum Gasteiger partial charge on any atom is -0.457 e. The van der Waals surface area contributed by atoms with Crippen molar-refractivity contribution in [3.63, 3.8) is 0 Å². The van der Waals surface area contributed by atoms with Crippen molar-refractivity contribution in [2.24, 2.45) is 11.8 Å². The van der Waals surface area contributed by atoms with Gasteiger partial charge in [-0.05, 0) is 125 Å². The molecule has 3 aliphatic rings. The number of nitrogens with one attached hydrogen (secondary N) is 3. The Labute approximate surface area is 347 Å². The summed E-state index contributed by atoms with van der Waals surface area (Å²) in [6, 6.07) is 16.7. The van der Waals surface area contributed by atoms with E-state index in [1.54, 1.807) is 41.2 Å². The Bertz CT molecular complexity index is 2300. The first-order valence-electron chi connectivity index (χ1n) is 20.9. The zero-order valence-electron chi connectivity index (χ0n) is 33.7. The van der Waals surface area contributed by atoms with Gasteiger partial charge in [0, 0.05) is 31.0 Å². The van der Waals surface area contributed by atoms with Crippen LogP contribution in [-0.2, 0) is 17.6 Å². The number of imide groups is 1. The van der Waals surface area contributed by atoms with Crippen molar-refractivity contribution >= 4 is 29.2 Å². The lowest BCUT2D eigenvalue weighted by Crippen LogP contribution is -2.37. The molecule has 15 heteroatoms. The maximum atomic E-state index is 14.1. The van der Waals surface area contributed by atoms with E-state index in [4.69, 9.17) is 9.15 Å². The van der Waals surface area contributed by atoms with E-state index in [9.17, 15) is 23.2 Å². The summed E-state index contributed by atoms with van der Waals surface area (Å²) in [5.74, 6) is 1.79. The number of nitrogens with zero attached hydrogens (tertiary/aromatic N) is 5. The zero-order valence-corrected chi connectivity index (χ0v) is 33.7. The number of halogens is 2. The van der Waals surface area contributed by atoms with Gasteiger partial charge in [-0.3, -0.25) is 24.4 Å². The number of pyridine rings is 1. The molecule has 8 rings (SSSR count). The summed E-state index contributed by atoms with van der Waals surface area (Å²) in [5, 5.41) is 12.5. The largest absolute Gasteiger partial charge is 0.457 e. The van der Waals surface area contributed by atoms with E-state index < -0.39 is 23.9 Å². The number of amides is 3. The van der Waals surface area contributed by atoms with Crippen molar-refractivity contribution < 1.29 is 32.3 Å². The number of rotatable bonds is 18. The van der Waals surface area contributed by atoms with Crippen LogP contribution in [0, 0.1) is 11.8 Å². The molecule has 2 saturated carbocycles. The Morgan fingerprint density at radius 1 is 1.02 bits per heavy atom. The number of hydrogen-bond donors (Lipinski definition) is 3. The van der Waals surface area contributed by atoms with Gasteiger partial charge in [-0.25, -0.2) is 18.7 Å². The Morgan fingerprint density at radius 3 is 2.60 bits per heavy atom. The summed E-state index contributed by atoms with van der Waals surface area (Å²) in [5.41, 5.74) is 2.43. The fraction of sp³-hybridized carbons (Fsp3) is 0.422. The smallest absolute Gasteiger partial charge is 0.284 e. The molecule has 5 aromatic rings. The molecular formula is C45H50F2N8O5. The first-order chi connectivity index (χ1) is 29.1. The van der Waals surface area contributed by atoms with E-state index in [-0.39, 0.29) is 35.6 Å². The van der Waals surface area contributed by atoms with Crippen molar-refractivity contribution in [2.45, 2.75) is 83.1 Å². The van der Waals surface area contributed by atoms with E-state index in [1.165, 1.54) is 30.9 Å².